The summed E-state index contributed by atoms with van der Waals surface area (Å²) in [6.45, 7) is 4.08. The molecule has 3 aromatic heterocycles. The molecule has 0 aliphatic carbocycles. The molecule has 158 valence electrons. The maximum atomic E-state index is 13.2. The van der Waals surface area contributed by atoms with Crippen molar-refractivity contribution in [2.24, 2.45) is 0 Å². The van der Waals surface area contributed by atoms with Crippen molar-refractivity contribution in [3.63, 3.8) is 0 Å². The van der Waals surface area contributed by atoms with Gasteiger partial charge in [-0.15, -0.1) is 23.0 Å². The van der Waals surface area contributed by atoms with Gasteiger partial charge >= 0.3 is 0 Å². The molecule has 0 saturated carbocycles. The Morgan fingerprint density at radius 1 is 1.00 bits per heavy atom. The Morgan fingerprint density at radius 2 is 1.78 bits per heavy atom. The topological polar surface area (TPSA) is 82.7 Å². The van der Waals surface area contributed by atoms with Gasteiger partial charge in [-0.05, 0) is 23.8 Å². The van der Waals surface area contributed by atoms with Crippen molar-refractivity contribution in [3.05, 3.63) is 94.0 Å². The second-order valence-electron chi connectivity index (χ2n) is 6.98. The van der Waals surface area contributed by atoms with E-state index in [0.717, 1.165) is 10.4 Å². The molecular formula is C23H17N5O2S2. The van der Waals surface area contributed by atoms with Gasteiger partial charge in [0.25, 0.3) is 11.1 Å². The summed E-state index contributed by atoms with van der Waals surface area (Å²) in [5, 5.41) is 9.72. The van der Waals surface area contributed by atoms with Crippen molar-refractivity contribution in [3.8, 4) is 10.4 Å². The zero-order chi connectivity index (χ0) is 22.1. The number of allylic oxidation sites excluding steroid dienone is 1. The van der Waals surface area contributed by atoms with Crippen LogP contribution in [0.4, 0.5) is 0 Å². The van der Waals surface area contributed by atoms with E-state index < -0.39 is 0 Å². The summed E-state index contributed by atoms with van der Waals surface area (Å²) in [6.07, 6.45) is 1.66. The molecule has 0 radical (unpaired) electrons. The van der Waals surface area contributed by atoms with Crippen molar-refractivity contribution >= 4 is 44.2 Å². The second kappa shape index (κ2) is 8.52. The van der Waals surface area contributed by atoms with E-state index in [0.29, 0.717) is 32.8 Å². The largest absolute Gasteiger partial charge is 0.283 e. The lowest BCUT2D eigenvalue weighted by Crippen LogP contribution is -2.25. The van der Waals surface area contributed by atoms with Crippen molar-refractivity contribution in [1.29, 1.82) is 0 Å². The molecule has 0 amide bonds. The lowest BCUT2D eigenvalue weighted by atomic mass is 10.2. The van der Waals surface area contributed by atoms with Crippen molar-refractivity contribution in [2.75, 3.05) is 0 Å². The van der Waals surface area contributed by atoms with Crippen molar-refractivity contribution < 1.29 is 0 Å². The number of nitrogens with zero attached hydrogens (tertiary/aromatic N) is 5. The Hall–Kier alpha value is -3.56. The number of hydrogen-bond donors (Lipinski definition) is 0. The van der Waals surface area contributed by atoms with E-state index in [2.05, 4.69) is 16.9 Å². The molecule has 7 nitrogen and oxygen atoms in total. The number of rotatable bonds is 6. The molecule has 0 atom stereocenters. The van der Waals surface area contributed by atoms with Gasteiger partial charge in [-0.25, -0.2) is 4.98 Å². The fourth-order valence-corrected chi connectivity index (χ4v) is 5.33. The predicted molar refractivity (Wildman–Crippen MR) is 129 cm³/mol. The summed E-state index contributed by atoms with van der Waals surface area (Å²) < 4.78 is 2.85. The first-order chi connectivity index (χ1) is 15.7. The molecule has 0 aliphatic heterocycles. The summed E-state index contributed by atoms with van der Waals surface area (Å²) in [5.41, 5.74) is 1.23. The highest BCUT2D eigenvalue weighted by atomic mass is 32.2. The monoisotopic (exact) mass is 459 g/mol. The van der Waals surface area contributed by atoms with Gasteiger partial charge < -0.3 is 0 Å². The van der Waals surface area contributed by atoms with Crippen LogP contribution in [-0.4, -0.2) is 24.5 Å². The Bertz CT molecular complexity index is 1570. The van der Waals surface area contributed by atoms with Crippen LogP contribution in [0.5, 0.6) is 0 Å². The van der Waals surface area contributed by atoms with Crippen LogP contribution >= 0.6 is 23.1 Å². The SMILES string of the molecule is C=CCn1c(SCn2nnc3ccccc3c2=O)nc2sc(-c3ccccc3)cc2c1=O. The zero-order valence-electron chi connectivity index (χ0n) is 16.8. The fourth-order valence-electron chi connectivity index (χ4n) is 3.37. The van der Waals surface area contributed by atoms with Crippen LogP contribution in [0.25, 0.3) is 31.6 Å². The highest BCUT2D eigenvalue weighted by Gasteiger charge is 2.16. The van der Waals surface area contributed by atoms with Gasteiger partial charge in [-0.1, -0.05) is 65.5 Å². The summed E-state index contributed by atoms with van der Waals surface area (Å²) in [5.74, 6) is 0.183. The van der Waals surface area contributed by atoms with E-state index in [1.165, 1.54) is 27.8 Å². The van der Waals surface area contributed by atoms with E-state index in [1.807, 2.05) is 42.5 Å². The van der Waals surface area contributed by atoms with Gasteiger partial charge in [0.15, 0.2) is 5.16 Å². The minimum atomic E-state index is -0.232. The standard InChI is InChI=1S/C23H17N5O2S2/c1-2-12-27-21(29)17-13-19(15-8-4-3-5-9-15)32-20(17)24-23(27)31-14-28-22(30)16-10-6-7-11-18(16)25-26-28/h2-11,13H,1,12,14H2. The minimum absolute atomic E-state index is 0.132. The first-order valence-electron chi connectivity index (χ1n) is 9.82. The average molecular weight is 460 g/mol. The normalized spacial score (nSPS) is 11.2. The lowest BCUT2D eigenvalue weighted by molar-refractivity contribution is 0.634. The van der Waals surface area contributed by atoms with Crippen LogP contribution in [-0.2, 0) is 12.4 Å². The molecule has 0 bridgehead atoms. The molecule has 0 spiro atoms. The Morgan fingerprint density at radius 3 is 2.59 bits per heavy atom. The summed E-state index contributed by atoms with van der Waals surface area (Å²) in [7, 11) is 0. The molecule has 0 aliphatic rings. The minimum Gasteiger partial charge on any atom is -0.283 e. The van der Waals surface area contributed by atoms with Crippen LogP contribution < -0.4 is 11.1 Å². The summed E-state index contributed by atoms with van der Waals surface area (Å²) in [6, 6.07) is 18.9. The highest BCUT2D eigenvalue weighted by molar-refractivity contribution is 7.98. The summed E-state index contributed by atoms with van der Waals surface area (Å²) in [4.78, 5) is 32.3. The molecule has 32 heavy (non-hydrogen) atoms. The molecule has 3 heterocycles. The number of benzene rings is 2. The lowest BCUT2D eigenvalue weighted by Gasteiger charge is -2.10. The van der Waals surface area contributed by atoms with Crippen LogP contribution in [0.2, 0.25) is 0 Å². The van der Waals surface area contributed by atoms with E-state index in [9.17, 15) is 9.59 Å². The molecule has 0 unspecified atom stereocenters. The molecular weight excluding hydrogens is 442 g/mol. The smallest absolute Gasteiger partial charge is 0.278 e. The molecule has 0 N–H and O–H groups in total. The molecule has 5 rings (SSSR count). The van der Waals surface area contributed by atoms with E-state index in [1.54, 1.807) is 28.8 Å². The molecule has 0 fully saturated rings. The molecule has 0 saturated heterocycles. The third-order valence-electron chi connectivity index (χ3n) is 4.93. The Labute approximate surface area is 190 Å². The first-order valence-corrected chi connectivity index (χ1v) is 11.6. The third-order valence-corrected chi connectivity index (χ3v) is 6.95. The van der Waals surface area contributed by atoms with Gasteiger partial charge in [-0.2, -0.15) is 4.68 Å². The maximum Gasteiger partial charge on any atom is 0.278 e. The number of thioether (sulfide) groups is 1. The van der Waals surface area contributed by atoms with E-state index in [4.69, 9.17) is 4.98 Å². The van der Waals surface area contributed by atoms with Gasteiger partial charge in [0.1, 0.15) is 10.3 Å². The quantitative estimate of drug-likeness (QED) is 0.215. The highest BCUT2D eigenvalue weighted by Crippen LogP contribution is 2.32. The van der Waals surface area contributed by atoms with Gasteiger partial charge in [0.05, 0.1) is 16.6 Å². The van der Waals surface area contributed by atoms with Crippen LogP contribution in [0.15, 0.2) is 88.1 Å². The Kier molecular flexibility index (Phi) is 5.42. The summed E-state index contributed by atoms with van der Waals surface area (Å²) >= 11 is 2.74. The van der Waals surface area contributed by atoms with Crippen LogP contribution in [0.3, 0.4) is 0 Å². The number of fused-ring (bicyclic) bond motifs is 2. The van der Waals surface area contributed by atoms with Gasteiger partial charge in [-0.3, -0.25) is 14.2 Å². The zero-order valence-corrected chi connectivity index (χ0v) is 18.5. The van der Waals surface area contributed by atoms with Crippen molar-refractivity contribution in [1.82, 2.24) is 24.5 Å². The third kappa shape index (κ3) is 3.65. The predicted octanol–water partition coefficient (Wildman–Crippen LogP) is 4.17. The van der Waals surface area contributed by atoms with E-state index in [-0.39, 0.29) is 17.0 Å². The van der Waals surface area contributed by atoms with Crippen LogP contribution in [0.1, 0.15) is 0 Å². The number of aromatic nitrogens is 5. The van der Waals surface area contributed by atoms with E-state index >= 15 is 0 Å². The fraction of sp³-hybridized carbons (Fsp3) is 0.0870. The molecule has 2 aromatic carbocycles. The van der Waals surface area contributed by atoms with Crippen LogP contribution in [0, 0.1) is 0 Å². The Balaban J connectivity index is 1.55. The first kappa shape index (κ1) is 20.3. The molecule has 9 heteroatoms. The van der Waals surface area contributed by atoms with Gasteiger partial charge in [0, 0.05) is 11.4 Å². The maximum absolute atomic E-state index is 13.2. The average Bonchev–Trinajstić information content (AvgIpc) is 3.26. The second-order valence-corrected chi connectivity index (χ2v) is 8.92. The number of hydrogen-bond acceptors (Lipinski definition) is 7. The molecule has 5 aromatic rings. The van der Waals surface area contributed by atoms with Gasteiger partial charge in [0.2, 0.25) is 0 Å². The number of thiophene rings is 1. The van der Waals surface area contributed by atoms with Crippen molar-refractivity contribution in [2.45, 2.75) is 17.6 Å².